The molecule has 0 aliphatic rings. The molecule has 0 aromatic carbocycles. The van der Waals surface area contributed by atoms with Crippen LogP contribution in [0.1, 0.15) is 26.7 Å². The number of carboxylic acid groups (broad SMARTS) is 1. The molecular weight excluding hydrogens is 214 g/mol. The van der Waals surface area contributed by atoms with Gasteiger partial charge in [0, 0.05) is 24.6 Å². The van der Waals surface area contributed by atoms with Gasteiger partial charge in [-0.1, -0.05) is 13.8 Å². The third-order valence-electron chi connectivity index (χ3n) is 2.05. The molecule has 0 heterocycles. The molecule has 15 heavy (non-hydrogen) atoms. The van der Waals surface area contributed by atoms with Crippen LogP contribution in [0.2, 0.25) is 0 Å². The first-order valence-corrected chi connectivity index (χ1v) is 6.25. The second-order valence-electron chi connectivity index (χ2n) is 3.76. The minimum absolute atomic E-state index is 0.0471. The van der Waals surface area contributed by atoms with E-state index in [4.69, 9.17) is 5.11 Å². The zero-order valence-electron chi connectivity index (χ0n) is 9.45. The van der Waals surface area contributed by atoms with Crippen LogP contribution in [0, 0.1) is 5.92 Å². The Bertz CT molecular complexity index is 221. The summed E-state index contributed by atoms with van der Waals surface area (Å²) in [6.07, 6.45) is 2.32. The lowest BCUT2D eigenvalue weighted by atomic mass is 10.0. The zero-order valence-corrected chi connectivity index (χ0v) is 10.3. The maximum absolute atomic E-state index is 11.3. The summed E-state index contributed by atoms with van der Waals surface area (Å²) >= 11 is 1.69. The fourth-order valence-corrected chi connectivity index (χ4v) is 1.35. The zero-order chi connectivity index (χ0) is 11.8. The molecule has 2 unspecified atom stereocenters. The van der Waals surface area contributed by atoms with Crippen molar-refractivity contribution in [2.24, 2.45) is 5.92 Å². The highest BCUT2D eigenvalue weighted by Gasteiger charge is 2.12. The third kappa shape index (κ3) is 8.30. The van der Waals surface area contributed by atoms with Gasteiger partial charge in [-0.3, -0.25) is 9.59 Å². The predicted octanol–water partition coefficient (Wildman–Crippen LogP) is 1.36. The molecule has 5 heteroatoms. The van der Waals surface area contributed by atoms with Gasteiger partial charge in [-0.15, -0.1) is 0 Å². The summed E-state index contributed by atoms with van der Waals surface area (Å²) < 4.78 is 0. The molecule has 2 atom stereocenters. The fourth-order valence-electron chi connectivity index (χ4n) is 1.10. The number of carboxylic acids is 1. The lowest BCUT2D eigenvalue weighted by Gasteiger charge is -2.12. The van der Waals surface area contributed by atoms with Crippen LogP contribution < -0.4 is 5.32 Å². The number of hydrogen-bond donors (Lipinski definition) is 2. The van der Waals surface area contributed by atoms with Crippen LogP contribution in [0.3, 0.4) is 0 Å². The van der Waals surface area contributed by atoms with Crippen molar-refractivity contribution < 1.29 is 14.7 Å². The Labute approximate surface area is 94.8 Å². The lowest BCUT2D eigenvalue weighted by Crippen LogP contribution is -2.30. The second-order valence-corrected chi connectivity index (χ2v) is 5.03. The number of hydrogen-bond acceptors (Lipinski definition) is 3. The Morgan fingerprint density at radius 1 is 1.33 bits per heavy atom. The maximum Gasteiger partial charge on any atom is 0.303 e. The number of carbonyl (C=O) groups is 2. The van der Waals surface area contributed by atoms with E-state index in [-0.39, 0.29) is 24.7 Å². The first-order chi connectivity index (χ1) is 6.95. The lowest BCUT2D eigenvalue weighted by molar-refractivity contribution is -0.138. The molecule has 0 saturated heterocycles. The summed E-state index contributed by atoms with van der Waals surface area (Å²) in [6.45, 7) is 4.44. The van der Waals surface area contributed by atoms with Gasteiger partial charge in [-0.05, 0) is 12.2 Å². The normalized spacial score (nSPS) is 14.3. The minimum Gasteiger partial charge on any atom is -0.481 e. The van der Waals surface area contributed by atoms with Gasteiger partial charge in [0.05, 0.1) is 0 Å². The van der Waals surface area contributed by atoms with Gasteiger partial charge in [0.2, 0.25) is 5.91 Å². The first-order valence-electron chi connectivity index (χ1n) is 4.97. The Morgan fingerprint density at radius 3 is 2.40 bits per heavy atom. The van der Waals surface area contributed by atoms with Crippen LogP contribution in [0.25, 0.3) is 0 Å². The molecule has 0 aromatic heterocycles. The summed E-state index contributed by atoms with van der Waals surface area (Å²) in [7, 11) is 0. The smallest absolute Gasteiger partial charge is 0.303 e. The molecule has 0 aliphatic carbocycles. The van der Waals surface area contributed by atoms with E-state index in [1.807, 2.05) is 13.2 Å². The van der Waals surface area contributed by atoms with Crippen molar-refractivity contribution in [3.63, 3.8) is 0 Å². The highest BCUT2D eigenvalue weighted by Crippen LogP contribution is 2.07. The average Bonchev–Trinajstić information content (AvgIpc) is 2.12. The van der Waals surface area contributed by atoms with Crippen LogP contribution in [-0.4, -0.2) is 35.0 Å². The summed E-state index contributed by atoms with van der Waals surface area (Å²) in [5.74, 6) is -1.02. The third-order valence-corrected chi connectivity index (χ3v) is 3.02. The molecule has 0 fully saturated rings. The molecule has 0 aromatic rings. The van der Waals surface area contributed by atoms with Gasteiger partial charge >= 0.3 is 5.97 Å². The highest BCUT2D eigenvalue weighted by molar-refractivity contribution is 7.99. The summed E-state index contributed by atoms with van der Waals surface area (Å²) in [5.41, 5.74) is 0. The predicted molar refractivity (Wildman–Crippen MR) is 62.0 cm³/mol. The van der Waals surface area contributed by atoms with Crippen molar-refractivity contribution >= 4 is 23.6 Å². The van der Waals surface area contributed by atoms with Crippen LogP contribution in [-0.2, 0) is 9.59 Å². The van der Waals surface area contributed by atoms with E-state index in [9.17, 15) is 9.59 Å². The van der Waals surface area contributed by atoms with Gasteiger partial charge < -0.3 is 10.4 Å². The first kappa shape index (κ1) is 14.3. The van der Waals surface area contributed by atoms with Gasteiger partial charge in [0.15, 0.2) is 0 Å². The van der Waals surface area contributed by atoms with Crippen LogP contribution in [0.15, 0.2) is 0 Å². The Morgan fingerprint density at radius 2 is 1.93 bits per heavy atom. The number of rotatable bonds is 7. The topological polar surface area (TPSA) is 66.4 Å². The Kier molecular flexibility index (Phi) is 7.21. The van der Waals surface area contributed by atoms with Gasteiger partial charge in [-0.25, -0.2) is 0 Å². The van der Waals surface area contributed by atoms with Crippen molar-refractivity contribution in [3.05, 3.63) is 0 Å². The maximum atomic E-state index is 11.3. The van der Waals surface area contributed by atoms with Crippen molar-refractivity contribution in [1.82, 2.24) is 5.32 Å². The van der Waals surface area contributed by atoms with Crippen LogP contribution >= 0.6 is 11.8 Å². The Hall–Kier alpha value is -0.710. The van der Waals surface area contributed by atoms with Gasteiger partial charge in [-0.2, -0.15) is 11.8 Å². The molecule has 0 spiro atoms. The summed E-state index contributed by atoms with van der Waals surface area (Å²) in [6, 6.07) is 0. The average molecular weight is 233 g/mol. The van der Waals surface area contributed by atoms with Crippen molar-refractivity contribution in [2.45, 2.75) is 31.9 Å². The molecule has 1 amide bonds. The number of aliphatic carboxylic acids is 1. The molecule has 0 aliphatic heterocycles. The van der Waals surface area contributed by atoms with Gasteiger partial charge in [0.25, 0.3) is 0 Å². The summed E-state index contributed by atoms with van der Waals surface area (Å²) in [5, 5.41) is 11.7. The molecule has 2 N–H and O–H groups in total. The van der Waals surface area contributed by atoms with E-state index in [1.165, 1.54) is 0 Å². The van der Waals surface area contributed by atoms with E-state index in [2.05, 4.69) is 5.32 Å². The second kappa shape index (κ2) is 7.56. The van der Waals surface area contributed by atoms with Crippen LogP contribution in [0.5, 0.6) is 0 Å². The molecule has 88 valence electrons. The van der Waals surface area contributed by atoms with Crippen molar-refractivity contribution in [3.8, 4) is 0 Å². The highest BCUT2D eigenvalue weighted by atomic mass is 32.2. The molecule has 0 saturated carbocycles. The van der Waals surface area contributed by atoms with Gasteiger partial charge in [0.1, 0.15) is 0 Å². The van der Waals surface area contributed by atoms with E-state index in [0.29, 0.717) is 11.8 Å². The van der Waals surface area contributed by atoms with E-state index >= 15 is 0 Å². The number of amides is 1. The monoisotopic (exact) mass is 233 g/mol. The summed E-state index contributed by atoms with van der Waals surface area (Å²) in [4.78, 5) is 21.7. The minimum atomic E-state index is -0.854. The number of nitrogens with one attached hydrogen (secondary N) is 1. The quantitative estimate of drug-likeness (QED) is 0.696. The molecular formula is C10H19NO3S. The number of carbonyl (C=O) groups excluding carboxylic acids is 1. The molecule has 0 rings (SSSR count). The molecule has 4 nitrogen and oxygen atoms in total. The molecule has 0 bridgehead atoms. The van der Waals surface area contributed by atoms with E-state index in [0.717, 1.165) is 0 Å². The standard InChI is InChI=1S/C10H19NO3S/c1-7(5-10(13)14)4-9(12)11-6-8(2)15-3/h7-8H,4-6H2,1-3H3,(H,11,12)(H,13,14). The van der Waals surface area contributed by atoms with E-state index in [1.54, 1.807) is 18.7 Å². The largest absolute Gasteiger partial charge is 0.481 e. The number of thioether (sulfide) groups is 1. The van der Waals surface area contributed by atoms with Crippen molar-refractivity contribution in [2.75, 3.05) is 12.8 Å². The van der Waals surface area contributed by atoms with Crippen LogP contribution in [0.4, 0.5) is 0 Å². The Balaban J connectivity index is 3.69. The molecule has 0 radical (unpaired) electrons. The fraction of sp³-hybridized carbons (Fsp3) is 0.800. The van der Waals surface area contributed by atoms with E-state index < -0.39 is 5.97 Å². The van der Waals surface area contributed by atoms with Crippen molar-refractivity contribution in [1.29, 1.82) is 0 Å². The SMILES string of the molecule is CSC(C)CNC(=O)CC(C)CC(=O)O.